The van der Waals surface area contributed by atoms with E-state index in [4.69, 9.17) is 22.9 Å². The van der Waals surface area contributed by atoms with Crippen LogP contribution in [-0.4, -0.2) is 83.5 Å². The van der Waals surface area contributed by atoms with E-state index in [9.17, 15) is 24.3 Å². The van der Waals surface area contributed by atoms with Crippen LogP contribution in [0.4, 0.5) is 0 Å². The third-order valence-electron chi connectivity index (χ3n) is 5.98. The van der Waals surface area contributed by atoms with Crippen LogP contribution in [0.5, 0.6) is 0 Å². The van der Waals surface area contributed by atoms with Crippen molar-refractivity contribution in [3.05, 3.63) is 0 Å². The Bertz CT molecular complexity index is 756. The molecule has 0 aromatic rings. The summed E-state index contributed by atoms with van der Waals surface area (Å²) >= 11 is 0. The van der Waals surface area contributed by atoms with Crippen LogP contribution in [0.15, 0.2) is 4.99 Å². The molecule has 0 aromatic carbocycles. The molecular formula is C22H42N8O5. The van der Waals surface area contributed by atoms with Crippen molar-refractivity contribution in [2.45, 2.75) is 83.0 Å². The van der Waals surface area contributed by atoms with E-state index in [1.54, 1.807) is 13.8 Å². The minimum Gasteiger partial charge on any atom is -0.480 e. The molecule has 0 aromatic heterocycles. The number of nitrogens with zero attached hydrogens (tertiary/aromatic N) is 2. The Morgan fingerprint density at radius 1 is 1.06 bits per heavy atom. The second kappa shape index (κ2) is 15.1. The van der Waals surface area contributed by atoms with Gasteiger partial charge < -0.3 is 43.6 Å². The van der Waals surface area contributed by atoms with Gasteiger partial charge in [0.1, 0.15) is 18.1 Å². The third kappa shape index (κ3) is 10.1. The first kappa shape index (κ1) is 30.1. The highest BCUT2D eigenvalue weighted by molar-refractivity contribution is 5.94. The Labute approximate surface area is 206 Å². The van der Waals surface area contributed by atoms with Crippen LogP contribution >= 0.6 is 0 Å². The highest BCUT2D eigenvalue weighted by atomic mass is 16.4. The molecule has 0 radical (unpaired) electrons. The Kier molecular flexibility index (Phi) is 13.0. The van der Waals surface area contributed by atoms with Gasteiger partial charge in [0.15, 0.2) is 5.96 Å². The van der Waals surface area contributed by atoms with Gasteiger partial charge in [-0.05, 0) is 57.4 Å². The molecule has 13 heteroatoms. The van der Waals surface area contributed by atoms with E-state index in [1.807, 2.05) is 0 Å². The number of carbonyl (C=O) groups is 4. The first-order valence-corrected chi connectivity index (χ1v) is 12.1. The minimum atomic E-state index is -1.14. The Hall–Kier alpha value is -2.93. The van der Waals surface area contributed by atoms with E-state index in [0.29, 0.717) is 45.2 Å². The average molecular weight is 499 g/mol. The fraction of sp³-hybridized carbons (Fsp3) is 0.773. The number of carboxylic acids is 1. The number of likely N-dealkylation sites (tertiary alicyclic amines) is 1. The second-order valence-corrected chi connectivity index (χ2v) is 9.15. The van der Waals surface area contributed by atoms with Gasteiger partial charge in [-0.1, -0.05) is 13.8 Å². The third-order valence-corrected chi connectivity index (χ3v) is 5.98. The van der Waals surface area contributed by atoms with Crippen LogP contribution in [0.2, 0.25) is 0 Å². The van der Waals surface area contributed by atoms with Gasteiger partial charge in [-0.3, -0.25) is 19.4 Å². The summed E-state index contributed by atoms with van der Waals surface area (Å²) in [5.41, 5.74) is 22.1. The zero-order chi connectivity index (χ0) is 26.5. The average Bonchev–Trinajstić information content (AvgIpc) is 3.29. The molecule has 200 valence electrons. The molecule has 1 heterocycles. The molecule has 4 unspecified atom stereocenters. The largest absolute Gasteiger partial charge is 0.480 e. The van der Waals surface area contributed by atoms with Crippen LogP contribution < -0.4 is 33.6 Å². The normalized spacial score (nSPS) is 18.0. The van der Waals surface area contributed by atoms with Gasteiger partial charge in [0, 0.05) is 13.1 Å². The Morgan fingerprint density at radius 2 is 1.71 bits per heavy atom. The summed E-state index contributed by atoms with van der Waals surface area (Å²) in [6, 6.07) is -3.61. The summed E-state index contributed by atoms with van der Waals surface area (Å²) in [5.74, 6) is -2.77. The highest BCUT2D eigenvalue weighted by Gasteiger charge is 2.39. The molecule has 1 saturated heterocycles. The van der Waals surface area contributed by atoms with Gasteiger partial charge >= 0.3 is 5.97 Å². The molecule has 35 heavy (non-hydrogen) atoms. The van der Waals surface area contributed by atoms with Gasteiger partial charge in [-0.2, -0.15) is 0 Å². The molecule has 1 aliphatic rings. The SMILES string of the molecule is CC(C)C(N)C(=O)NC(CCCN=C(N)N)C(=O)N1CCCC1C(=O)NC(CCCCN)C(=O)O. The van der Waals surface area contributed by atoms with Crippen LogP contribution in [0, 0.1) is 5.92 Å². The first-order chi connectivity index (χ1) is 16.5. The van der Waals surface area contributed by atoms with Gasteiger partial charge in [0.25, 0.3) is 0 Å². The maximum absolute atomic E-state index is 13.4. The van der Waals surface area contributed by atoms with Crippen LogP contribution in [-0.2, 0) is 19.2 Å². The monoisotopic (exact) mass is 498 g/mol. The number of amides is 3. The topological polar surface area (TPSA) is 232 Å². The number of guanidine groups is 1. The lowest BCUT2D eigenvalue weighted by atomic mass is 10.0. The van der Waals surface area contributed by atoms with E-state index < -0.39 is 47.9 Å². The fourth-order valence-corrected chi connectivity index (χ4v) is 3.85. The lowest BCUT2D eigenvalue weighted by Gasteiger charge is -2.30. The standard InChI is InChI=1S/C22H42N8O5/c1-13(2)17(24)19(32)28-14(8-5-11-27-22(25)26)20(33)30-12-6-9-16(30)18(31)29-15(21(34)35)7-3-4-10-23/h13-17H,3-12,23-24H2,1-2H3,(H,28,32)(H,29,31)(H,34,35)(H4,25,26,27). The number of nitrogens with one attached hydrogen (secondary N) is 2. The Balaban J connectivity index is 2.95. The number of aliphatic imine (C=N–C) groups is 1. The maximum atomic E-state index is 13.4. The predicted octanol–water partition coefficient (Wildman–Crippen LogP) is -1.80. The summed E-state index contributed by atoms with van der Waals surface area (Å²) in [6.45, 7) is 4.62. The number of carboxylic acid groups (broad SMARTS) is 1. The quantitative estimate of drug-likeness (QED) is 0.0765. The van der Waals surface area contributed by atoms with Gasteiger partial charge in [-0.15, -0.1) is 0 Å². The fourth-order valence-electron chi connectivity index (χ4n) is 3.85. The van der Waals surface area contributed by atoms with Crippen LogP contribution in [0.25, 0.3) is 0 Å². The molecule has 0 saturated carbocycles. The molecule has 1 aliphatic heterocycles. The van der Waals surface area contributed by atoms with Crippen molar-refractivity contribution in [2.24, 2.45) is 33.8 Å². The minimum absolute atomic E-state index is 0.0746. The highest BCUT2D eigenvalue weighted by Crippen LogP contribution is 2.20. The van der Waals surface area contributed by atoms with E-state index in [2.05, 4.69) is 15.6 Å². The molecule has 11 N–H and O–H groups in total. The van der Waals surface area contributed by atoms with E-state index >= 15 is 0 Å². The molecular weight excluding hydrogens is 456 g/mol. The summed E-state index contributed by atoms with van der Waals surface area (Å²) < 4.78 is 0. The van der Waals surface area contributed by atoms with Crippen molar-refractivity contribution >= 4 is 29.7 Å². The molecule has 3 amide bonds. The van der Waals surface area contributed by atoms with E-state index in [0.717, 1.165) is 0 Å². The van der Waals surface area contributed by atoms with E-state index in [1.165, 1.54) is 4.90 Å². The summed E-state index contributed by atoms with van der Waals surface area (Å²) in [7, 11) is 0. The molecule has 0 aliphatic carbocycles. The zero-order valence-electron chi connectivity index (χ0n) is 20.7. The van der Waals surface area contributed by atoms with Gasteiger partial charge in [-0.25, -0.2) is 4.79 Å². The van der Waals surface area contributed by atoms with Crippen LogP contribution in [0.3, 0.4) is 0 Å². The molecule has 0 spiro atoms. The van der Waals surface area contributed by atoms with Crippen molar-refractivity contribution in [2.75, 3.05) is 19.6 Å². The number of rotatable bonds is 15. The van der Waals surface area contributed by atoms with Crippen molar-refractivity contribution in [1.82, 2.24) is 15.5 Å². The Morgan fingerprint density at radius 3 is 2.29 bits per heavy atom. The van der Waals surface area contributed by atoms with Crippen molar-refractivity contribution in [3.8, 4) is 0 Å². The number of carbonyl (C=O) groups excluding carboxylic acids is 3. The summed E-state index contributed by atoms with van der Waals surface area (Å²) in [5, 5.41) is 14.7. The van der Waals surface area contributed by atoms with E-state index in [-0.39, 0.29) is 31.3 Å². The summed E-state index contributed by atoms with van der Waals surface area (Å²) in [4.78, 5) is 55.8. The molecule has 0 bridgehead atoms. The number of aliphatic carboxylic acids is 1. The number of unbranched alkanes of at least 4 members (excludes halogenated alkanes) is 1. The lowest BCUT2D eigenvalue weighted by molar-refractivity contribution is -0.145. The molecule has 1 rings (SSSR count). The van der Waals surface area contributed by atoms with Gasteiger partial charge in [0.05, 0.1) is 6.04 Å². The molecule has 1 fully saturated rings. The van der Waals surface area contributed by atoms with Crippen molar-refractivity contribution in [3.63, 3.8) is 0 Å². The molecule has 13 nitrogen and oxygen atoms in total. The van der Waals surface area contributed by atoms with Crippen LogP contribution in [0.1, 0.15) is 58.8 Å². The maximum Gasteiger partial charge on any atom is 0.326 e. The smallest absolute Gasteiger partial charge is 0.326 e. The van der Waals surface area contributed by atoms with Gasteiger partial charge in [0.2, 0.25) is 17.7 Å². The van der Waals surface area contributed by atoms with Crippen molar-refractivity contribution < 1.29 is 24.3 Å². The number of hydrogen-bond donors (Lipinski definition) is 7. The predicted molar refractivity (Wildman–Crippen MR) is 132 cm³/mol. The number of nitrogens with two attached hydrogens (primary N) is 4. The lowest BCUT2D eigenvalue weighted by Crippen LogP contribution is -2.57. The zero-order valence-corrected chi connectivity index (χ0v) is 20.7. The number of hydrogen-bond acceptors (Lipinski definition) is 7. The second-order valence-electron chi connectivity index (χ2n) is 9.15. The summed E-state index contributed by atoms with van der Waals surface area (Å²) in [6.07, 6.45) is 3.08. The van der Waals surface area contributed by atoms with Crippen molar-refractivity contribution in [1.29, 1.82) is 0 Å². The molecule has 4 atom stereocenters. The first-order valence-electron chi connectivity index (χ1n) is 12.1.